The number of pyridine rings is 1. The van der Waals surface area contributed by atoms with E-state index in [-0.39, 0.29) is 11.9 Å². The number of amides is 1. The Balaban J connectivity index is 1.52. The highest BCUT2D eigenvalue weighted by Gasteiger charge is 2.15. The smallest absolute Gasteiger partial charge is 0.271 e. The lowest BCUT2D eigenvalue weighted by atomic mass is 10.1. The van der Waals surface area contributed by atoms with Crippen molar-refractivity contribution in [3.63, 3.8) is 0 Å². The van der Waals surface area contributed by atoms with Crippen molar-refractivity contribution in [2.75, 3.05) is 0 Å². The van der Waals surface area contributed by atoms with Crippen molar-refractivity contribution in [2.24, 2.45) is 0 Å². The molecule has 1 atom stereocenters. The fraction of sp³-hybridized carbons (Fsp3) is 0.150. The van der Waals surface area contributed by atoms with Crippen LogP contribution in [-0.4, -0.2) is 30.6 Å². The van der Waals surface area contributed by atoms with Crippen LogP contribution < -0.4 is 5.32 Å². The molecule has 4 aromatic rings. The van der Waals surface area contributed by atoms with Crippen LogP contribution in [0.15, 0.2) is 65.7 Å². The highest BCUT2D eigenvalue weighted by molar-refractivity contribution is 5.92. The Morgan fingerprint density at radius 3 is 2.75 bits per heavy atom. The van der Waals surface area contributed by atoms with Gasteiger partial charge in [-0.15, -0.1) is 0 Å². The first-order valence-electron chi connectivity index (χ1n) is 8.77. The van der Waals surface area contributed by atoms with E-state index >= 15 is 0 Å². The molecule has 0 spiro atoms. The number of imidazole rings is 1. The highest BCUT2D eigenvalue weighted by Crippen LogP contribution is 2.19. The SMILES string of the molecule is Cc1noc(-c2ccnc(-n3cnc(C(=O)N[C@@H](C)c4ccccc4)c3)c2)n1. The van der Waals surface area contributed by atoms with Gasteiger partial charge in [-0.3, -0.25) is 9.36 Å². The van der Waals surface area contributed by atoms with Gasteiger partial charge in [0.15, 0.2) is 5.82 Å². The number of benzene rings is 1. The number of hydrogen-bond donors (Lipinski definition) is 1. The first-order chi connectivity index (χ1) is 13.6. The summed E-state index contributed by atoms with van der Waals surface area (Å²) in [6.45, 7) is 3.69. The summed E-state index contributed by atoms with van der Waals surface area (Å²) in [5.74, 6) is 1.31. The van der Waals surface area contributed by atoms with Crippen molar-refractivity contribution >= 4 is 5.91 Å². The molecule has 3 aromatic heterocycles. The van der Waals surface area contributed by atoms with Gasteiger partial charge in [-0.25, -0.2) is 9.97 Å². The molecule has 4 rings (SSSR count). The van der Waals surface area contributed by atoms with E-state index in [4.69, 9.17) is 4.52 Å². The molecule has 3 heterocycles. The van der Waals surface area contributed by atoms with Crippen molar-refractivity contribution in [1.82, 2.24) is 30.0 Å². The van der Waals surface area contributed by atoms with Crippen molar-refractivity contribution < 1.29 is 9.32 Å². The number of carbonyl (C=O) groups excluding carboxylic acids is 1. The minimum Gasteiger partial charge on any atom is -0.344 e. The van der Waals surface area contributed by atoms with Crippen molar-refractivity contribution in [2.45, 2.75) is 19.9 Å². The normalized spacial score (nSPS) is 11.9. The van der Waals surface area contributed by atoms with Gasteiger partial charge < -0.3 is 9.84 Å². The highest BCUT2D eigenvalue weighted by atomic mass is 16.5. The maximum Gasteiger partial charge on any atom is 0.271 e. The Morgan fingerprint density at radius 1 is 1.18 bits per heavy atom. The third-order valence-corrected chi connectivity index (χ3v) is 4.25. The molecule has 0 fully saturated rings. The van der Waals surface area contributed by atoms with E-state index in [0.717, 1.165) is 11.1 Å². The summed E-state index contributed by atoms with van der Waals surface area (Å²) >= 11 is 0. The van der Waals surface area contributed by atoms with Gasteiger partial charge in [-0.1, -0.05) is 35.5 Å². The number of nitrogens with zero attached hydrogens (tertiary/aromatic N) is 5. The second-order valence-corrected chi connectivity index (χ2v) is 6.32. The molecule has 8 nitrogen and oxygen atoms in total. The average molecular weight is 374 g/mol. The zero-order valence-electron chi connectivity index (χ0n) is 15.4. The maximum atomic E-state index is 12.5. The van der Waals surface area contributed by atoms with E-state index < -0.39 is 0 Å². The number of nitrogens with one attached hydrogen (secondary N) is 1. The van der Waals surface area contributed by atoms with Gasteiger partial charge in [0.2, 0.25) is 0 Å². The number of aryl methyl sites for hydroxylation is 1. The minimum atomic E-state index is -0.251. The van der Waals surface area contributed by atoms with Crippen molar-refractivity contribution in [3.05, 3.63) is 78.3 Å². The molecule has 0 unspecified atom stereocenters. The second kappa shape index (κ2) is 7.43. The van der Waals surface area contributed by atoms with Gasteiger partial charge >= 0.3 is 0 Å². The van der Waals surface area contributed by atoms with E-state index in [1.54, 1.807) is 42.3 Å². The van der Waals surface area contributed by atoms with Crippen molar-refractivity contribution in [3.8, 4) is 17.3 Å². The number of hydrogen-bond acceptors (Lipinski definition) is 6. The standard InChI is InChI=1S/C20H18N6O2/c1-13(15-6-4-3-5-7-15)23-19(27)17-11-26(12-22-17)18-10-16(8-9-21-18)20-24-14(2)25-28-20/h3-13H,1-2H3,(H,23,27)/t13-/m0/s1. The molecule has 1 aromatic carbocycles. The summed E-state index contributed by atoms with van der Waals surface area (Å²) in [5.41, 5.74) is 2.08. The molecule has 28 heavy (non-hydrogen) atoms. The van der Waals surface area contributed by atoms with Crippen molar-refractivity contribution in [1.29, 1.82) is 0 Å². The average Bonchev–Trinajstić information content (AvgIpc) is 3.38. The summed E-state index contributed by atoms with van der Waals surface area (Å²) in [7, 11) is 0. The predicted octanol–water partition coefficient (Wildman–Crippen LogP) is 3.12. The summed E-state index contributed by atoms with van der Waals surface area (Å²) in [5, 5.41) is 6.75. The van der Waals surface area contributed by atoms with Gasteiger partial charge in [0.1, 0.15) is 17.8 Å². The Kier molecular flexibility index (Phi) is 4.67. The molecule has 0 aliphatic heterocycles. The maximum absolute atomic E-state index is 12.5. The monoisotopic (exact) mass is 374 g/mol. The number of aromatic nitrogens is 5. The van der Waals surface area contributed by atoms with Crippen LogP contribution in [0.2, 0.25) is 0 Å². The molecule has 1 amide bonds. The molecule has 1 N–H and O–H groups in total. The van der Waals surface area contributed by atoms with Crippen LogP contribution in [0.5, 0.6) is 0 Å². The molecule has 0 saturated heterocycles. The lowest BCUT2D eigenvalue weighted by Gasteiger charge is -2.13. The van der Waals surface area contributed by atoms with Crippen LogP contribution in [0, 0.1) is 6.92 Å². The molecular weight excluding hydrogens is 356 g/mol. The molecule has 0 aliphatic carbocycles. The summed E-state index contributed by atoms with van der Waals surface area (Å²) < 4.78 is 6.87. The summed E-state index contributed by atoms with van der Waals surface area (Å²) in [6.07, 6.45) is 4.83. The molecule has 8 heteroatoms. The summed E-state index contributed by atoms with van der Waals surface area (Å²) in [4.78, 5) is 25.3. The molecule has 140 valence electrons. The first kappa shape index (κ1) is 17.6. The molecule has 0 aliphatic rings. The van der Waals surface area contributed by atoms with E-state index in [2.05, 4.69) is 25.4 Å². The lowest BCUT2D eigenvalue weighted by Crippen LogP contribution is -2.26. The first-order valence-corrected chi connectivity index (χ1v) is 8.77. The third-order valence-electron chi connectivity index (χ3n) is 4.25. The Labute approximate surface area is 161 Å². The fourth-order valence-electron chi connectivity index (χ4n) is 2.77. The van der Waals surface area contributed by atoms with Gasteiger partial charge in [0, 0.05) is 18.0 Å². The second-order valence-electron chi connectivity index (χ2n) is 6.32. The van der Waals surface area contributed by atoms with E-state index in [1.807, 2.05) is 37.3 Å². The van der Waals surface area contributed by atoms with Gasteiger partial charge in [-0.05, 0) is 31.5 Å². The largest absolute Gasteiger partial charge is 0.344 e. The Morgan fingerprint density at radius 2 is 2.00 bits per heavy atom. The summed E-state index contributed by atoms with van der Waals surface area (Å²) in [6, 6.07) is 13.2. The van der Waals surface area contributed by atoms with Crippen LogP contribution >= 0.6 is 0 Å². The number of rotatable bonds is 5. The quantitative estimate of drug-likeness (QED) is 0.576. The minimum absolute atomic E-state index is 0.124. The van der Waals surface area contributed by atoms with Crippen LogP contribution in [0.4, 0.5) is 0 Å². The zero-order chi connectivity index (χ0) is 19.5. The molecular formula is C20H18N6O2. The van der Waals surface area contributed by atoms with Crippen LogP contribution in [0.25, 0.3) is 17.3 Å². The van der Waals surface area contributed by atoms with Crippen LogP contribution in [-0.2, 0) is 0 Å². The Hall–Kier alpha value is -3.81. The molecule has 0 radical (unpaired) electrons. The van der Waals surface area contributed by atoms with Crippen LogP contribution in [0.3, 0.4) is 0 Å². The van der Waals surface area contributed by atoms with E-state index in [0.29, 0.717) is 23.2 Å². The van der Waals surface area contributed by atoms with E-state index in [1.165, 1.54) is 0 Å². The topological polar surface area (TPSA) is 98.7 Å². The van der Waals surface area contributed by atoms with Gasteiger partial charge in [-0.2, -0.15) is 4.98 Å². The molecule has 0 bridgehead atoms. The lowest BCUT2D eigenvalue weighted by molar-refractivity contribution is 0.0935. The van der Waals surface area contributed by atoms with Gasteiger partial charge in [0.25, 0.3) is 11.8 Å². The van der Waals surface area contributed by atoms with Crippen LogP contribution in [0.1, 0.15) is 34.8 Å². The number of carbonyl (C=O) groups is 1. The fourth-order valence-corrected chi connectivity index (χ4v) is 2.77. The molecule has 0 saturated carbocycles. The zero-order valence-corrected chi connectivity index (χ0v) is 15.4. The predicted molar refractivity (Wildman–Crippen MR) is 102 cm³/mol. The van der Waals surface area contributed by atoms with Gasteiger partial charge in [0.05, 0.1) is 6.04 Å². The van der Waals surface area contributed by atoms with E-state index in [9.17, 15) is 4.79 Å². The Bertz CT molecular complexity index is 1100. The third kappa shape index (κ3) is 3.66.